The smallest absolute Gasteiger partial charge is 0.339 e. The lowest BCUT2D eigenvalue weighted by Gasteiger charge is -2.16. The number of methoxy groups -OCH3 is 1. The van der Waals surface area contributed by atoms with E-state index < -0.39 is 18.0 Å². The molecule has 1 saturated heterocycles. The molecular weight excluding hydrogens is 388 g/mol. The van der Waals surface area contributed by atoms with Gasteiger partial charge < -0.3 is 19.5 Å². The summed E-state index contributed by atoms with van der Waals surface area (Å²) in [4.78, 5) is 48.4. The molecule has 9 nitrogen and oxygen atoms in total. The lowest BCUT2D eigenvalue weighted by molar-refractivity contribution is -0.130. The average molecular weight is 410 g/mol. The van der Waals surface area contributed by atoms with Gasteiger partial charge in [0.25, 0.3) is 11.1 Å². The SMILES string of the molecule is CCOc1cc(C(=O)O[C@@H](C)C(=O)NCCN2C(=O)CSC2=O)ccc1OC. The van der Waals surface area contributed by atoms with Crippen LogP contribution in [0.15, 0.2) is 18.2 Å². The summed E-state index contributed by atoms with van der Waals surface area (Å²) in [5.41, 5.74) is 0.217. The number of nitrogens with one attached hydrogen (secondary N) is 1. The van der Waals surface area contributed by atoms with Crippen molar-refractivity contribution in [2.75, 3.05) is 32.6 Å². The molecular formula is C18H22N2O7S. The van der Waals surface area contributed by atoms with Crippen molar-refractivity contribution in [3.63, 3.8) is 0 Å². The third-order valence-corrected chi connectivity index (χ3v) is 4.69. The van der Waals surface area contributed by atoms with Gasteiger partial charge in [-0.15, -0.1) is 0 Å². The first-order chi connectivity index (χ1) is 13.4. The molecule has 1 heterocycles. The van der Waals surface area contributed by atoms with Gasteiger partial charge in [0.15, 0.2) is 17.6 Å². The molecule has 0 unspecified atom stereocenters. The summed E-state index contributed by atoms with van der Waals surface area (Å²) >= 11 is 0.928. The van der Waals surface area contributed by atoms with Crippen molar-refractivity contribution in [1.29, 1.82) is 0 Å². The van der Waals surface area contributed by atoms with Crippen LogP contribution in [0.2, 0.25) is 0 Å². The Morgan fingerprint density at radius 2 is 2.04 bits per heavy atom. The van der Waals surface area contributed by atoms with Gasteiger partial charge in [0.05, 0.1) is 25.0 Å². The number of imide groups is 1. The van der Waals surface area contributed by atoms with Crippen molar-refractivity contribution in [2.24, 2.45) is 0 Å². The molecule has 1 atom stereocenters. The number of thioether (sulfide) groups is 1. The molecule has 0 spiro atoms. The van der Waals surface area contributed by atoms with Crippen LogP contribution in [0.1, 0.15) is 24.2 Å². The first-order valence-electron chi connectivity index (χ1n) is 8.64. The highest BCUT2D eigenvalue weighted by Gasteiger charge is 2.29. The molecule has 0 aliphatic carbocycles. The predicted octanol–water partition coefficient (Wildman–Crippen LogP) is 1.45. The Balaban J connectivity index is 1.87. The van der Waals surface area contributed by atoms with Crippen LogP contribution in [-0.2, 0) is 14.3 Å². The fourth-order valence-electron chi connectivity index (χ4n) is 2.39. The van der Waals surface area contributed by atoms with Crippen molar-refractivity contribution in [3.8, 4) is 11.5 Å². The summed E-state index contributed by atoms with van der Waals surface area (Å²) < 4.78 is 15.7. The molecule has 1 aliphatic heterocycles. The summed E-state index contributed by atoms with van der Waals surface area (Å²) in [7, 11) is 1.49. The first kappa shape index (κ1) is 21.5. The number of carbonyl (C=O) groups excluding carboxylic acids is 4. The Morgan fingerprint density at radius 3 is 2.64 bits per heavy atom. The summed E-state index contributed by atoms with van der Waals surface area (Å²) in [5, 5.41) is 2.21. The number of ether oxygens (including phenoxy) is 3. The van der Waals surface area contributed by atoms with Crippen molar-refractivity contribution < 1.29 is 33.4 Å². The Labute approximate surface area is 166 Å². The van der Waals surface area contributed by atoms with Crippen molar-refractivity contribution in [3.05, 3.63) is 23.8 Å². The molecule has 0 radical (unpaired) electrons. The maximum Gasteiger partial charge on any atom is 0.339 e. The molecule has 0 saturated carbocycles. The molecule has 1 fully saturated rings. The highest BCUT2D eigenvalue weighted by atomic mass is 32.2. The van der Waals surface area contributed by atoms with E-state index in [1.807, 2.05) is 0 Å². The average Bonchev–Trinajstić information content (AvgIpc) is 3.00. The van der Waals surface area contributed by atoms with Crippen LogP contribution >= 0.6 is 11.8 Å². The minimum absolute atomic E-state index is 0.0767. The highest BCUT2D eigenvalue weighted by molar-refractivity contribution is 8.14. The molecule has 2 rings (SSSR count). The normalized spacial score (nSPS) is 14.6. The van der Waals surface area contributed by atoms with Gasteiger partial charge in [-0.05, 0) is 32.0 Å². The third kappa shape index (κ3) is 5.38. The van der Waals surface area contributed by atoms with E-state index in [4.69, 9.17) is 14.2 Å². The summed E-state index contributed by atoms with van der Waals surface area (Å²) in [6.45, 7) is 3.79. The topological polar surface area (TPSA) is 111 Å². The Kier molecular flexibility index (Phi) is 7.68. The zero-order valence-corrected chi connectivity index (χ0v) is 16.7. The largest absolute Gasteiger partial charge is 0.493 e. The van der Waals surface area contributed by atoms with Crippen LogP contribution in [0.25, 0.3) is 0 Å². The molecule has 10 heteroatoms. The number of nitrogens with zero attached hydrogens (tertiary/aromatic N) is 1. The maximum absolute atomic E-state index is 12.3. The van der Waals surface area contributed by atoms with E-state index in [-0.39, 0.29) is 35.6 Å². The Hall–Kier alpha value is -2.75. The van der Waals surface area contributed by atoms with Gasteiger partial charge in [0, 0.05) is 13.1 Å². The number of benzene rings is 1. The second kappa shape index (κ2) is 9.98. The number of hydrogen-bond donors (Lipinski definition) is 1. The van der Waals surface area contributed by atoms with Gasteiger partial charge in [-0.3, -0.25) is 19.3 Å². The van der Waals surface area contributed by atoms with Gasteiger partial charge in [0.1, 0.15) is 0 Å². The van der Waals surface area contributed by atoms with E-state index in [1.165, 1.54) is 26.2 Å². The number of rotatable bonds is 9. The number of carbonyl (C=O) groups is 4. The zero-order chi connectivity index (χ0) is 20.7. The molecule has 28 heavy (non-hydrogen) atoms. The van der Waals surface area contributed by atoms with Crippen molar-refractivity contribution >= 4 is 34.8 Å². The van der Waals surface area contributed by atoms with Crippen LogP contribution in [0.3, 0.4) is 0 Å². The van der Waals surface area contributed by atoms with Gasteiger partial charge in [0.2, 0.25) is 5.91 Å². The minimum Gasteiger partial charge on any atom is -0.493 e. The van der Waals surface area contributed by atoms with E-state index in [1.54, 1.807) is 13.0 Å². The minimum atomic E-state index is -1.05. The molecule has 152 valence electrons. The van der Waals surface area contributed by atoms with Crippen LogP contribution in [-0.4, -0.2) is 66.6 Å². The fraction of sp³-hybridized carbons (Fsp3) is 0.444. The molecule has 1 aromatic rings. The van der Waals surface area contributed by atoms with Crippen LogP contribution in [0.4, 0.5) is 4.79 Å². The molecule has 0 bridgehead atoms. The van der Waals surface area contributed by atoms with E-state index >= 15 is 0 Å². The number of hydrogen-bond acceptors (Lipinski definition) is 8. The first-order valence-corrected chi connectivity index (χ1v) is 9.62. The lowest BCUT2D eigenvalue weighted by atomic mass is 10.2. The van der Waals surface area contributed by atoms with Gasteiger partial charge in [-0.25, -0.2) is 4.79 Å². The number of amides is 3. The third-order valence-electron chi connectivity index (χ3n) is 3.83. The van der Waals surface area contributed by atoms with E-state index in [0.717, 1.165) is 16.7 Å². The molecule has 0 aromatic heterocycles. The standard InChI is InChI=1S/C18H22N2O7S/c1-4-26-14-9-12(5-6-13(14)25-3)17(23)27-11(2)16(22)19-7-8-20-15(21)10-28-18(20)24/h5-6,9,11H,4,7-8,10H2,1-3H3,(H,19,22)/t11-/m0/s1. The zero-order valence-electron chi connectivity index (χ0n) is 15.9. The van der Waals surface area contributed by atoms with Gasteiger partial charge >= 0.3 is 5.97 Å². The van der Waals surface area contributed by atoms with Crippen LogP contribution in [0.5, 0.6) is 11.5 Å². The number of esters is 1. The highest BCUT2D eigenvalue weighted by Crippen LogP contribution is 2.28. The lowest BCUT2D eigenvalue weighted by Crippen LogP contribution is -2.41. The second-order valence-electron chi connectivity index (χ2n) is 5.74. The Bertz CT molecular complexity index is 752. The molecule has 1 aromatic carbocycles. The monoisotopic (exact) mass is 410 g/mol. The van der Waals surface area contributed by atoms with Gasteiger partial charge in [-0.2, -0.15) is 0 Å². The summed E-state index contributed by atoms with van der Waals surface area (Å²) in [6, 6.07) is 4.57. The maximum atomic E-state index is 12.3. The van der Waals surface area contributed by atoms with Crippen molar-refractivity contribution in [1.82, 2.24) is 10.2 Å². The van der Waals surface area contributed by atoms with Gasteiger partial charge in [-0.1, -0.05) is 11.8 Å². The Morgan fingerprint density at radius 1 is 1.29 bits per heavy atom. The molecule has 1 aliphatic rings. The molecule has 3 amide bonds. The van der Waals surface area contributed by atoms with E-state index in [0.29, 0.717) is 18.1 Å². The van der Waals surface area contributed by atoms with Crippen LogP contribution in [0, 0.1) is 0 Å². The molecule has 1 N–H and O–H groups in total. The predicted molar refractivity (Wildman–Crippen MR) is 102 cm³/mol. The summed E-state index contributed by atoms with van der Waals surface area (Å²) in [5.74, 6) is -0.505. The fourth-order valence-corrected chi connectivity index (χ4v) is 3.14. The summed E-state index contributed by atoms with van der Waals surface area (Å²) in [6.07, 6.45) is -1.05. The van der Waals surface area contributed by atoms with E-state index in [2.05, 4.69) is 5.32 Å². The van der Waals surface area contributed by atoms with E-state index in [9.17, 15) is 19.2 Å². The van der Waals surface area contributed by atoms with Crippen LogP contribution < -0.4 is 14.8 Å². The quantitative estimate of drug-likeness (QED) is 0.609. The van der Waals surface area contributed by atoms with Crippen molar-refractivity contribution in [2.45, 2.75) is 20.0 Å². The second-order valence-corrected chi connectivity index (χ2v) is 6.66.